The molecule has 7 nitrogen and oxygen atoms in total. The highest BCUT2D eigenvalue weighted by molar-refractivity contribution is 6.00. The molecule has 0 radical (unpaired) electrons. The summed E-state index contributed by atoms with van der Waals surface area (Å²) in [7, 11) is 0. The van der Waals surface area contributed by atoms with Gasteiger partial charge in [-0.3, -0.25) is 0 Å². The maximum absolute atomic E-state index is 12.5. The lowest BCUT2D eigenvalue weighted by molar-refractivity contribution is -0.137. The number of halogens is 3. The first-order valence-corrected chi connectivity index (χ1v) is 8.32. The molecular weight excluding hydrogens is 381 g/mol. The molecule has 0 bridgehead atoms. The average molecular weight is 404 g/mol. The van der Waals surface area contributed by atoms with Gasteiger partial charge < -0.3 is 20.8 Å². The lowest BCUT2D eigenvalue weighted by Crippen LogP contribution is -2.09. The molecule has 4 N–H and O–H groups in total. The van der Waals surface area contributed by atoms with Crippen LogP contribution in [0.2, 0.25) is 0 Å². The number of rotatable bonds is 9. The van der Waals surface area contributed by atoms with E-state index in [1.165, 1.54) is 12.1 Å². The number of alkyl halides is 3. The predicted molar refractivity (Wildman–Crippen MR) is 96.9 cm³/mol. The molecule has 0 heterocycles. The third-order valence-electron chi connectivity index (χ3n) is 3.06. The Kier molecular flexibility index (Phi) is 11.9. The van der Waals surface area contributed by atoms with Crippen LogP contribution >= 0.6 is 0 Å². The van der Waals surface area contributed by atoms with Crippen LogP contribution in [-0.2, 0) is 20.6 Å². The van der Waals surface area contributed by atoms with Crippen LogP contribution in [0.4, 0.5) is 13.2 Å². The molecule has 10 heteroatoms. The fourth-order valence-electron chi connectivity index (χ4n) is 1.76. The topological polar surface area (TPSA) is 122 Å². The van der Waals surface area contributed by atoms with Gasteiger partial charge in [-0.25, -0.2) is 9.59 Å². The van der Waals surface area contributed by atoms with E-state index in [9.17, 15) is 22.8 Å². The van der Waals surface area contributed by atoms with Crippen molar-refractivity contribution in [2.24, 2.45) is 10.9 Å². The van der Waals surface area contributed by atoms with Crippen LogP contribution < -0.4 is 5.73 Å². The molecule has 0 saturated heterocycles. The number of carboxylic acids is 2. The molecule has 1 aromatic rings. The van der Waals surface area contributed by atoms with Crippen molar-refractivity contribution in [3.8, 4) is 0 Å². The van der Waals surface area contributed by atoms with Crippen molar-refractivity contribution in [2.75, 3.05) is 13.2 Å². The standard InChI is InChI=1S/C14H19F3N2O.C4H4O4/c1-2-3-4-13(19-20-10-9-18)11-5-7-12(8-6-11)14(15,16)17;5-3(6)1-2-4(7)8/h5-8H,2-4,9-10,18H2,1H3;1-2H,(H,5,6)(H,7,8)/b;2-1-. The van der Waals surface area contributed by atoms with E-state index in [1.54, 1.807) is 0 Å². The third kappa shape index (κ3) is 11.7. The summed E-state index contributed by atoms with van der Waals surface area (Å²) < 4.78 is 37.5. The minimum absolute atomic E-state index is 0.288. The van der Waals surface area contributed by atoms with Gasteiger partial charge in [0.2, 0.25) is 0 Å². The monoisotopic (exact) mass is 404 g/mol. The SMILES string of the molecule is CCCCC(=NOCCN)c1ccc(C(F)(F)F)cc1.O=C(O)/C=C\C(=O)O. The molecule has 0 spiro atoms. The molecule has 0 unspecified atom stereocenters. The number of unbranched alkanes of at least 4 members (excludes halogenated alkanes) is 1. The van der Waals surface area contributed by atoms with Crippen LogP contribution in [0.25, 0.3) is 0 Å². The number of aliphatic carboxylic acids is 2. The molecule has 0 aliphatic rings. The number of carbonyl (C=O) groups is 2. The van der Waals surface area contributed by atoms with E-state index in [0.717, 1.165) is 25.0 Å². The molecule has 1 aromatic carbocycles. The normalized spacial score (nSPS) is 11.7. The summed E-state index contributed by atoms with van der Waals surface area (Å²) in [6, 6.07) is 4.95. The van der Waals surface area contributed by atoms with Crippen molar-refractivity contribution in [3.05, 3.63) is 47.5 Å². The third-order valence-corrected chi connectivity index (χ3v) is 3.06. The van der Waals surface area contributed by atoms with Crippen molar-refractivity contribution >= 4 is 17.7 Å². The zero-order chi connectivity index (χ0) is 21.6. The Labute approximate surface area is 160 Å². The Hall–Kier alpha value is -2.88. The summed E-state index contributed by atoms with van der Waals surface area (Å²) >= 11 is 0. The first-order chi connectivity index (χ1) is 13.1. The first kappa shape index (κ1) is 25.1. The van der Waals surface area contributed by atoms with Crippen LogP contribution in [-0.4, -0.2) is 41.0 Å². The Bertz CT molecular complexity index is 655. The molecule has 0 aliphatic carbocycles. The van der Waals surface area contributed by atoms with Crippen molar-refractivity contribution < 1.29 is 37.8 Å². The molecule has 0 aromatic heterocycles. The van der Waals surface area contributed by atoms with Crippen LogP contribution in [0.1, 0.15) is 37.3 Å². The number of benzene rings is 1. The van der Waals surface area contributed by atoms with Gasteiger partial charge in [0.15, 0.2) is 0 Å². The van der Waals surface area contributed by atoms with Gasteiger partial charge in [0.25, 0.3) is 0 Å². The van der Waals surface area contributed by atoms with Gasteiger partial charge in [0, 0.05) is 18.7 Å². The number of carboxylic acid groups (broad SMARTS) is 2. The van der Waals surface area contributed by atoms with E-state index < -0.39 is 23.7 Å². The van der Waals surface area contributed by atoms with Crippen LogP contribution in [0.15, 0.2) is 41.6 Å². The maximum Gasteiger partial charge on any atom is 0.416 e. The molecule has 1 rings (SSSR count). The lowest BCUT2D eigenvalue weighted by atomic mass is 10.0. The summed E-state index contributed by atoms with van der Waals surface area (Å²) in [5.74, 6) is -2.51. The van der Waals surface area contributed by atoms with Gasteiger partial charge in [0.1, 0.15) is 6.61 Å². The second-order valence-corrected chi connectivity index (χ2v) is 5.35. The highest BCUT2D eigenvalue weighted by Gasteiger charge is 2.30. The largest absolute Gasteiger partial charge is 0.478 e. The van der Waals surface area contributed by atoms with E-state index in [2.05, 4.69) is 5.16 Å². The Morgan fingerprint density at radius 1 is 1.14 bits per heavy atom. The molecule has 0 fully saturated rings. The Balaban J connectivity index is 0.000000769. The van der Waals surface area contributed by atoms with Gasteiger partial charge in [0.05, 0.1) is 11.3 Å². The highest BCUT2D eigenvalue weighted by atomic mass is 19.4. The fraction of sp³-hybridized carbons (Fsp3) is 0.389. The zero-order valence-electron chi connectivity index (χ0n) is 15.3. The minimum Gasteiger partial charge on any atom is -0.478 e. The molecule has 156 valence electrons. The average Bonchev–Trinajstić information content (AvgIpc) is 2.63. The molecule has 0 atom stereocenters. The number of nitrogens with two attached hydrogens (primary N) is 1. The van der Waals surface area contributed by atoms with Gasteiger partial charge in [-0.2, -0.15) is 13.2 Å². The highest BCUT2D eigenvalue weighted by Crippen LogP contribution is 2.29. The molecule has 0 amide bonds. The van der Waals surface area contributed by atoms with Crippen LogP contribution in [0.5, 0.6) is 0 Å². The fourth-order valence-corrected chi connectivity index (χ4v) is 1.76. The second kappa shape index (κ2) is 13.3. The quantitative estimate of drug-likeness (QED) is 0.251. The van der Waals surface area contributed by atoms with Gasteiger partial charge in [-0.15, -0.1) is 0 Å². The van der Waals surface area contributed by atoms with E-state index >= 15 is 0 Å². The Morgan fingerprint density at radius 3 is 2.07 bits per heavy atom. The van der Waals surface area contributed by atoms with E-state index in [0.29, 0.717) is 36.4 Å². The van der Waals surface area contributed by atoms with Gasteiger partial charge in [-0.05, 0) is 30.5 Å². The van der Waals surface area contributed by atoms with Crippen LogP contribution in [0.3, 0.4) is 0 Å². The van der Waals surface area contributed by atoms with Crippen molar-refractivity contribution in [1.29, 1.82) is 0 Å². The first-order valence-electron chi connectivity index (χ1n) is 8.32. The summed E-state index contributed by atoms with van der Waals surface area (Å²) in [5, 5.41) is 19.6. The smallest absolute Gasteiger partial charge is 0.416 e. The molecule has 0 aliphatic heterocycles. The number of hydrogen-bond donors (Lipinski definition) is 3. The number of oxime groups is 1. The second-order valence-electron chi connectivity index (χ2n) is 5.35. The summed E-state index contributed by atoms with van der Waals surface area (Å²) in [5.41, 5.74) is 5.92. The lowest BCUT2D eigenvalue weighted by Gasteiger charge is -2.09. The van der Waals surface area contributed by atoms with Crippen molar-refractivity contribution in [2.45, 2.75) is 32.4 Å². The predicted octanol–water partition coefficient (Wildman–Crippen LogP) is 3.29. The van der Waals surface area contributed by atoms with Crippen molar-refractivity contribution in [3.63, 3.8) is 0 Å². The number of nitrogens with zero attached hydrogens (tertiary/aromatic N) is 1. The minimum atomic E-state index is -4.32. The summed E-state index contributed by atoms with van der Waals surface area (Å²) in [6.45, 7) is 2.67. The van der Waals surface area contributed by atoms with Gasteiger partial charge >= 0.3 is 18.1 Å². The molecular formula is C18H23F3N2O5. The molecule has 28 heavy (non-hydrogen) atoms. The summed E-state index contributed by atoms with van der Waals surface area (Å²) in [6.07, 6.45) is -0.686. The van der Waals surface area contributed by atoms with E-state index in [-0.39, 0.29) is 6.61 Å². The molecule has 0 saturated carbocycles. The zero-order valence-corrected chi connectivity index (χ0v) is 15.3. The van der Waals surface area contributed by atoms with E-state index in [4.69, 9.17) is 20.8 Å². The number of hydrogen-bond acceptors (Lipinski definition) is 5. The van der Waals surface area contributed by atoms with Crippen molar-refractivity contribution in [1.82, 2.24) is 0 Å². The van der Waals surface area contributed by atoms with E-state index in [1.807, 2.05) is 6.92 Å². The summed E-state index contributed by atoms with van der Waals surface area (Å²) in [4.78, 5) is 24.1. The Morgan fingerprint density at radius 2 is 1.68 bits per heavy atom. The van der Waals surface area contributed by atoms with Crippen LogP contribution in [0, 0.1) is 0 Å². The van der Waals surface area contributed by atoms with Gasteiger partial charge in [-0.1, -0.05) is 30.6 Å². The maximum atomic E-state index is 12.5.